The third-order valence-electron chi connectivity index (χ3n) is 6.59. The Morgan fingerprint density at radius 2 is 1.21 bits per heavy atom. The van der Waals surface area contributed by atoms with Crippen molar-refractivity contribution in [3.8, 4) is 45.1 Å². The van der Waals surface area contributed by atoms with Gasteiger partial charge in [0, 0.05) is 29.6 Å². The van der Waals surface area contributed by atoms with E-state index in [2.05, 4.69) is 72.8 Å². The number of aromatic nitrogens is 4. The fraction of sp³-hybridized carbons (Fsp3) is 0.0909. The molecule has 0 unspecified atom stereocenters. The topological polar surface area (TPSA) is 44.9 Å². The summed E-state index contributed by atoms with van der Waals surface area (Å²) in [5, 5.41) is 9.39. The van der Waals surface area contributed by atoms with Crippen LogP contribution in [0.1, 0.15) is 17.1 Å². The normalized spacial score (nSPS) is 11.0. The van der Waals surface area contributed by atoms with Gasteiger partial charge in [0.1, 0.15) is 11.5 Å². The van der Waals surface area contributed by atoms with E-state index in [9.17, 15) is 0 Å². The summed E-state index contributed by atoms with van der Waals surface area (Å²) in [6.07, 6.45) is 2.08. The first kappa shape index (κ1) is 23.5. The third-order valence-corrected chi connectivity index (χ3v) is 6.59. The fourth-order valence-corrected chi connectivity index (χ4v) is 4.74. The second-order valence-electron chi connectivity index (χ2n) is 9.45. The molecule has 38 heavy (non-hydrogen) atoms. The number of hydrogen-bond acceptors (Lipinski definition) is 3. The molecule has 0 saturated carbocycles. The van der Waals surface area contributed by atoms with Crippen LogP contribution in [0.15, 0.2) is 115 Å². The van der Waals surface area contributed by atoms with Gasteiger partial charge in [-0.05, 0) is 67.8 Å². The van der Waals surface area contributed by atoms with Crippen molar-refractivity contribution in [1.82, 2.24) is 19.6 Å². The van der Waals surface area contributed by atoms with Crippen LogP contribution in [0.2, 0.25) is 0 Å². The molecule has 0 atom stereocenters. The first-order valence-corrected chi connectivity index (χ1v) is 12.7. The number of nitrogens with zero attached hydrogens (tertiary/aromatic N) is 4. The molecule has 5 nitrogen and oxygen atoms in total. The molecule has 0 aliphatic rings. The third kappa shape index (κ3) is 4.74. The lowest BCUT2D eigenvalue weighted by molar-refractivity contribution is 0.481. The second kappa shape index (κ2) is 9.87. The molecular weight excluding hydrogens is 468 g/mol. The molecule has 0 spiro atoms. The van der Waals surface area contributed by atoms with Gasteiger partial charge in [-0.15, -0.1) is 0 Å². The molecule has 0 N–H and O–H groups in total. The highest BCUT2D eigenvalue weighted by Crippen LogP contribution is 2.29. The first-order chi connectivity index (χ1) is 18.5. The summed E-state index contributed by atoms with van der Waals surface area (Å²) in [6, 6.07) is 37.1. The zero-order valence-electron chi connectivity index (χ0n) is 21.7. The predicted octanol–water partition coefficient (Wildman–Crippen LogP) is 8.11. The van der Waals surface area contributed by atoms with Gasteiger partial charge in [0.2, 0.25) is 0 Å². The highest BCUT2D eigenvalue weighted by Gasteiger charge is 2.11. The Bertz CT molecular complexity index is 1710. The number of benzene rings is 4. The van der Waals surface area contributed by atoms with Gasteiger partial charge in [0.05, 0.1) is 22.8 Å². The average molecular weight is 497 g/mol. The van der Waals surface area contributed by atoms with Crippen LogP contribution < -0.4 is 4.74 Å². The van der Waals surface area contributed by atoms with Crippen LogP contribution in [0.4, 0.5) is 0 Å². The monoisotopic (exact) mass is 496 g/mol. The fourth-order valence-electron chi connectivity index (χ4n) is 4.74. The van der Waals surface area contributed by atoms with Crippen molar-refractivity contribution >= 4 is 0 Å². The van der Waals surface area contributed by atoms with Crippen molar-refractivity contribution in [2.24, 2.45) is 0 Å². The van der Waals surface area contributed by atoms with Crippen LogP contribution in [-0.2, 0) is 0 Å². The van der Waals surface area contributed by atoms with Crippen LogP contribution in [0.5, 0.6) is 11.5 Å². The summed E-state index contributed by atoms with van der Waals surface area (Å²) in [6.45, 7) is 6.09. The van der Waals surface area contributed by atoms with E-state index in [0.717, 1.165) is 51.1 Å². The van der Waals surface area contributed by atoms with Gasteiger partial charge in [-0.1, -0.05) is 66.7 Å². The molecule has 2 heterocycles. The van der Waals surface area contributed by atoms with E-state index < -0.39 is 0 Å². The van der Waals surface area contributed by atoms with Crippen LogP contribution >= 0.6 is 0 Å². The van der Waals surface area contributed by atoms with Crippen molar-refractivity contribution in [2.45, 2.75) is 20.8 Å². The largest absolute Gasteiger partial charge is 0.457 e. The van der Waals surface area contributed by atoms with Crippen molar-refractivity contribution in [3.05, 3.63) is 132 Å². The van der Waals surface area contributed by atoms with Crippen molar-refractivity contribution < 1.29 is 4.74 Å². The molecule has 4 aromatic carbocycles. The Hall–Kier alpha value is -4.90. The molecule has 0 aliphatic carbocycles. The molecule has 6 aromatic rings. The minimum atomic E-state index is 0.745. The van der Waals surface area contributed by atoms with E-state index in [1.165, 1.54) is 11.1 Å². The first-order valence-electron chi connectivity index (χ1n) is 12.7. The summed E-state index contributed by atoms with van der Waals surface area (Å²) < 4.78 is 10.1. The van der Waals surface area contributed by atoms with E-state index in [1.807, 2.05) is 77.8 Å². The number of ether oxygens (including phenoxy) is 1. The van der Waals surface area contributed by atoms with Crippen LogP contribution in [0, 0.1) is 20.8 Å². The summed E-state index contributed by atoms with van der Waals surface area (Å²) in [4.78, 5) is 0. The van der Waals surface area contributed by atoms with E-state index >= 15 is 0 Å². The molecule has 6 rings (SSSR count). The maximum absolute atomic E-state index is 6.24. The molecule has 0 fully saturated rings. The van der Waals surface area contributed by atoms with Gasteiger partial charge in [0.25, 0.3) is 0 Å². The van der Waals surface area contributed by atoms with Gasteiger partial charge in [-0.3, -0.25) is 0 Å². The SMILES string of the molecule is Cc1cc(C)n(-c2cccc(Oc3cccc(-n4cc(-c5ccc(-c6ccccc6)cc5)c(C)n4)c3)c2)n1. The van der Waals surface area contributed by atoms with Gasteiger partial charge >= 0.3 is 0 Å². The van der Waals surface area contributed by atoms with Crippen molar-refractivity contribution in [2.75, 3.05) is 0 Å². The Morgan fingerprint density at radius 3 is 1.89 bits per heavy atom. The van der Waals surface area contributed by atoms with Crippen LogP contribution in [-0.4, -0.2) is 19.6 Å². The minimum absolute atomic E-state index is 0.745. The lowest BCUT2D eigenvalue weighted by atomic mass is 10.0. The highest BCUT2D eigenvalue weighted by molar-refractivity contribution is 5.71. The summed E-state index contributed by atoms with van der Waals surface area (Å²) in [7, 11) is 0. The van der Waals surface area contributed by atoms with E-state index in [-0.39, 0.29) is 0 Å². The van der Waals surface area contributed by atoms with Crippen LogP contribution in [0.3, 0.4) is 0 Å². The molecule has 186 valence electrons. The van der Waals surface area contributed by atoms with Gasteiger partial charge < -0.3 is 4.74 Å². The smallest absolute Gasteiger partial charge is 0.129 e. The van der Waals surface area contributed by atoms with Gasteiger partial charge in [-0.25, -0.2) is 9.36 Å². The maximum atomic E-state index is 6.24. The molecular formula is C33H28N4O. The lowest BCUT2D eigenvalue weighted by Gasteiger charge is -2.10. The van der Waals surface area contributed by atoms with Gasteiger partial charge in [-0.2, -0.15) is 10.2 Å². The standard InChI is InChI=1S/C33H28N4O/c1-23-19-24(2)37(34-23)30-12-8-14-32(21-30)38-31-13-7-11-29(20-31)36-22-33(25(3)35-36)28-17-15-27(16-18-28)26-9-5-4-6-10-26/h4-22H,1-3H3. The van der Waals surface area contributed by atoms with Crippen LogP contribution in [0.25, 0.3) is 33.6 Å². The zero-order chi connectivity index (χ0) is 26.1. The summed E-state index contributed by atoms with van der Waals surface area (Å²) >= 11 is 0. The van der Waals surface area contributed by atoms with Crippen molar-refractivity contribution in [1.29, 1.82) is 0 Å². The highest BCUT2D eigenvalue weighted by atomic mass is 16.5. The Balaban J connectivity index is 1.24. The van der Waals surface area contributed by atoms with E-state index in [4.69, 9.17) is 9.84 Å². The average Bonchev–Trinajstić information content (AvgIpc) is 3.50. The van der Waals surface area contributed by atoms with E-state index in [1.54, 1.807) is 0 Å². The second-order valence-corrected chi connectivity index (χ2v) is 9.45. The number of aryl methyl sites for hydroxylation is 3. The molecule has 2 aromatic heterocycles. The zero-order valence-corrected chi connectivity index (χ0v) is 21.7. The molecule has 5 heteroatoms. The van der Waals surface area contributed by atoms with Gasteiger partial charge in [0.15, 0.2) is 0 Å². The lowest BCUT2D eigenvalue weighted by Crippen LogP contribution is -1.99. The van der Waals surface area contributed by atoms with E-state index in [0.29, 0.717) is 0 Å². The molecule has 0 amide bonds. The predicted molar refractivity (Wildman–Crippen MR) is 152 cm³/mol. The molecule has 0 bridgehead atoms. The minimum Gasteiger partial charge on any atom is -0.457 e. The summed E-state index contributed by atoms with van der Waals surface area (Å²) in [5.74, 6) is 1.50. The molecule has 0 aliphatic heterocycles. The molecule has 0 saturated heterocycles. The summed E-state index contributed by atoms with van der Waals surface area (Å²) in [5.41, 5.74) is 9.61. The van der Waals surface area contributed by atoms with Crippen molar-refractivity contribution in [3.63, 3.8) is 0 Å². The number of hydrogen-bond donors (Lipinski definition) is 0. The Morgan fingerprint density at radius 1 is 0.579 bits per heavy atom. The number of rotatable bonds is 6. The quantitative estimate of drug-likeness (QED) is 0.234. The maximum Gasteiger partial charge on any atom is 0.129 e. The Labute approximate surface area is 222 Å². The molecule has 0 radical (unpaired) electrons. The Kier molecular flexibility index (Phi) is 6.10.